The molecule has 1 N–H and O–H groups in total. The first-order valence-corrected chi connectivity index (χ1v) is 7.25. The maximum absolute atomic E-state index is 12.3. The lowest BCUT2D eigenvalue weighted by atomic mass is 9.92. The third-order valence-electron chi connectivity index (χ3n) is 3.72. The fourth-order valence-electron chi connectivity index (χ4n) is 2.61. The van der Waals surface area contributed by atoms with Crippen molar-refractivity contribution in [2.75, 3.05) is 0 Å². The summed E-state index contributed by atoms with van der Waals surface area (Å²) in [5.41, 5.74) is 2.41. The monoisotopic (exact) mass is 305 g/mol. The van der Waals surface area contributed by atoms with Crippen molar-refractivity contribution in [2.45, 2.75) is 32.2 Å². The molecule has 0 aliphatic heterocycles. The largest absolute Gasteiger partial charge is 0.345 e. The van der Waals surface area contributed by atoms with Gasteiger partial charge in [0.2, 0.25) is 0 Å². The molecule has 1 amide bonds. The molecule has 3 rings (SSSR count). The Balaban J connectivity index is 1.83. The third-order valence-corrected chi connectivity index (χ3v) is 4.17. The minimum absolute atomic E-state index is 0.0712. The Morgan fingerprint density at radius 3 is 3.00 bits per heavy atom. The number of rotatable bonds is 2. The molecule has 2 aromatic rings. The molecule has 2 aromatic heterocycles. The van der Waals surface area contributed by atoms with Crippen molar-refractivity contribution in [3.63, 3.8) is 0 Å². The van der Waals surface area contributed by atoms with Crippen molar-refractivity contribution < 1.29 is 4.79 Å². The van der Waals surface area contributed by atoms with Crippen molar-refractivity contribution >= 4 is 17.5 Å². The normalized spacial score (nSPS) is 17.4. The van der Waals surface area contributed by atoms with E-state index in [0.29, 0.717) is 10.7 Å². The third kappa shape index (κ3) is 2.63. The Hall–Kier alpha value is -1.95. The predicted octanol–water partition coefficient (Wildman–Crippen LogP) is 1.98. The number of carbonyl (C=O) groups is 1. The van der Waals surface area contributed by atoms with Crippen LogP contribution < -0.4 is 5.32 Å². The lowest BCUT2D eigenvalue weighted by molar-refractivity contribution is 0.0932. The SMILES string of the molecule is Cc1ncc2c(n1)CCC[C@@H]2NC(=O)c1cnn(C)c1Cl. The highest BCUT2D eigenvalue weighted by Gasteiger charge is 2.25. The van der Waals surface area contributed by atoms with Gasteiger partial charge in [0.1, 0.15) is 11.0 Å². The van der Waals surface area contributed by atoms with Gasteiger partial charge in [-0.25, -0.2) is 9.97 Å². The Morgan fingerprint density at radius 2 is 2.29 bits per heavy atom. The van der Waals surface area contributed by atoms with Crippen molar-refractivity contribution in [1.29, 1.82) is 0 Å². The van der Waals surface area contributed by atoms with Gasteiger partial charge < -0.3 is 5.32 Å². The van der Waals surface area contributed by atoms with Crippen LogP contribution in [0.15, 0.2) is 12.4 Å². The molecule has 1 atom stereocenters. The summed E-state index contributed by atoms with van der Waals surface area (Å²) in [5.74, 6) is 0.544. The number of hydrogen-bond acceptors (Lipinski definition) is 4. The number of amides is 1. The van der Waals surface area contributed by atoms with Gasteiger partial charge in [-0.15, -0.1) is 0 Å². The van der Waals surface area contributed by atoms with Gasteiger partial charge in [0.15, 0.2) is 0 Å². The van der Waals surface area contributed by atoms with Crippen LogP contribution in [0.4, 0.5) is 0 Å². The van der Waals surface area contributed by atoms with E-state index in [1.807, 2.05) is 13.1 Å². The van der Waals surface area contributed by atoms with E-state index in [2.05, 4.69) is 20.4 Å². The molecule has 0 aromatic carbocycles. The Kier molecular flexibility index (Phi) is 3.63. The second kappa shape index (κ2) is 5.44. The Labute approximate surface area is 127 Å². The number of hydrogen-bond donors (Lipinski definition) is 1. The van der Waals surface area contributed by atoms with Crippen LogP contribution >= 0.6 is 11.6 Å². The van der Waals surface area contributed by atoms with E-state index in [9.17, 15) is 4.79 Å². The fourth-order valence-corrected chi connectivity index (χ4v) is 2.79. The lowest BCUT2D eigenvalue weighted by Gasteiger charge is -2.25. The van der Waals surface area contributed by atoms with Crippen LogP contribution in [-0.2, 0) is 13.5 Å². The summed E-state index contributed by atoms with van der Waals surface area (Å²) in [5, 5.41) is 7.33. The van der Waals surface area contributed by atoms with Crippen LogP contribution in [0.2, 0.25) is 5.15 Å². The molecular weight excluding hydrogens is 290 g/mol. The number of carbonyl (C=O) groups excluding carboxylic acids is 1. The zero-order chi connectivity index (χ0) is 15.0. The van der Waals surface area contributed by atoms with Gasteiger partial charge >= 0.3 is 0 Å². The minimum Gasteiger partial charge on any atom is -0.345 e. The molecule has 0 unspecified atom stereocenters. The zero-order valence-corrected chi connectivity index (χ0v) is 12.7. The van der Waals surface area contributed by atoms with Crippen LogP contribution in [0, 0.1) is 6.92 Å². The van der Waals surface area contributed by atoms with Crippen molar-refractivity contribution in [2.24, 2.45) is 7.05 Å². The number of aryl methyl sites for hydroxylation is 3. The van der Waals surface area contributed by atoms with Crippen molar-refractivity contribution in [1.82, 2.24) is 25.1 Å². The molecule has 21 heavy (non-hydrogen) atoms. The van der Waals surface area contributed by atoms with E-state index >= 15 is 0 Å². The summed E-state index contributed by atoms with van der Waals surface area (Å²) in [7, 11) is 1.70. The minimum atomic E-state index is -0.216. The highest BCUT2D eigenvalue weighted by molar-refractivity contribution is 6.32. The first-order chi connectivity index (χ1) is 10.1. The summed E-state index contributed by atoms with van der Waals surface area (Å²) < 4.78 is 1.47. The van der Waals surface area contributed by atoms with Gasteiger partial charge in [-0.1, -0.05) is 11.6 Å². The quantitative estimate of drug-likeness (QED) is 0.921. The molecule has 1 aliphatic carbocycles. The summed E-state index contributed by atoms with van der Waals surface area (Å²) >= 11 is 6.06. The topological polar surface area (TPSA) is 72.7 Å². The van der Waals surface area contributed by atoms with E-state index < -0.39 is 0 Å². The summed E-state index contributed by atoms with van der Waals surface area (Å²) in [6, 6.07) is -0.0712. The number of nitrogens with zero attached hydrogens (tertiary/aromatic N) is 4. The molecule has 0 saturated carbocycles. The standard InChI is InChI=1S/C14H16ClN5O/c1-8-16-6-9-11(18-8)4-3-5-12(9)19-14(21)10-7-17-20(2)13(10)15/h6-7,12H,3-5H2,1-2H3,(H,19,21)/t12-/m0/s1. The first kappa shape index (κ1) is 14.0. The molecule has 0 bridgehead atoms. The molecule has 1 aliphatic rings. The second-order valence-electron chi connectivity index (χ2n) is 5.21. The van der Waals surface area contributed by atoms with E-state index in [-0.39, 0.29) is 11.9 Å². The number of nitrogens with one attached hydrogen (secondary N) is 1. The first-order valence-electron chi connectivity index (χ1n) is 6.87. The lowest BCUT2D eigenvalue weighted by Crippen LogP contribution is -2.31. The van der Waals surface area contributed by atoms with E-state index in [1.54, 1.807) is 7.05 Å². The average molecular weight is 306 g/mol. The number of halogens is 1. The molecule has 0 spiro atoms. The van der Waals surface area contributed by atoms with Gasteiger partial charge in [0.25, 0.3) is 5.91 Å². The Morgan fingerprint density at radius 1 is 1.48 bits per heavy atom. The van der Waals surface area contributed by atoms with Gasteiger partial charge in [0, 0.05) is 24.5 Å². The van der Waals surface area contributed by atoms with E-state index in [4.69, 9.17) is 11.6 Å². The molecule has 0 fully saturated rings. The maximum atomic E-state index is 12.3. The molecule has 7 heteroatoms. The molecule has 0 saturated heterocycles. The molecule has 6 nitrogen and oxygen atoms in total. The second-order valence-corrected chi connectivity index (χ2v) is 5.57. The average Bonchev–Trinajstić information content (AvgIpc) is 2.79. The molecular formula is C14H16ClN5O. The van der Waals surface area contributed by atoms with Crippen LogP contribution in [0.3, 0.4) is 0 Å². The van der Waals surface area contributed by atoms with Crippen LogP contribution in [0.1, 0.15) is 46.3 Å². The van der Waals surface area contributed by atoms with Crippen LogP contribution in [-0.4, -0.2) is 25.7 Å². The number of aromatic nitrogens is 4. The van der Waals surface area contributed by atoms with Gasteiger partial charge in [0.05, 0.1) is 17.8 Å². The highest BCUT2D eigenvalue weighted by Crippen LogP contribution is 2.28. The van der Waals surface area contributed by atoms with Crippen molar-refractivity contribution in [3.05, 3.63) is 40.2 Å². The summed E-state index contributed by atoms with van der Waals surface area (Å²) in [4.78, 5) is 21.0. The smallest absolute Gasteiger partial charge is 0.256 e. The van der Waals surface area contributed by atoms with Crippen LogP contribution in [0.5, 0.6) is 0 Å². The predicted molar refractivity (Wildman–Crippen MR) is 78.1 cm³/mol. The summed E-state index contributed by atoms with van der Waals surface area (Å²) in [6.45, 7) is 1.87. The zero-order valence-electron chi connectivity index (χ0n) is 11.9. The van der Waals surface area contributed by atoms with Crippen molar-refractivity contribution in [3.8, 4) is 0 Å². The van der Waals surface area contributed by atoms with Gasteiger partial charge in [-0.2, -0.15) is 5.10 Å². The van der Waals surface area contributed by atoms with Gasteiger partial charge in [-0.3, -0.25) is 9.48 Å². The summed E-state index contributed by atoms with van der Waals surface area (Å²) in [6.07, 6.45) is 6.09. The van der Waals surface area contributed by atoms with E-state index in [0.717, 1.165) is 36.3 Å². The Bertz CT molecular complexity index is 697. The maximum Gasteiger partial charge on any atom is 0.256 e. The highest BCUT2D eigenvalue weighted by atomic mass is 35.5. The number of fused-ring (bicyclic) bond motifs is 1. The van der Waals surface area contributed by atoms with Crippen LogP contribution in [0.25, 0.3) is 0 Å². The molecule has 2 heterocycles. The molecule has 0 radical (unpaired) electrons. The van der Waals surface area contributed by atoms with E-state index in [1.165, 1.54) is 10.9 Å². The molecule has 110 valence electrons. The fraction of sp³-hybridized carbons (Fsp3) is 0.429. The van der Waals surface area contributed by atoms with Gasteiger partial charge in [-0.05, 0) is 26.2 Å².